The molecular weight excluding hydrogens is 224 g/mol. The fourth-order valence-electron chi connectivity index (χ4n) is 2.61. The molecule has 1 aliphatic heterocycles. The minimum Gasteiger partial charge on any atom is -0.496 e. The van der Waals surface area contributed by atoms with Crippen LogP contribution in [0, 0.1) is 6.92 Å². The minimum absolute atomic E-state index is 0.573. The number of rotatable bonds is 3. The van der Waals surface area contributed by atoms with Gasteiger partial charge in [0.25, 0.3) is 0 Å². The number of hydrogen-bond acceptors (Lipinski definition) is 3. The molecule has 1 aliphatic rings. The Morgan fingerprint density at radius 2 is 2.28 bits per heavy atom. The first-order valence-corrected chi connectivity index (χ1v) is 6.78. The fourth-order valence-corrected chi connectivity index (χ4v) is 2.61. The first-order valence-electron chi connectivity index (χ1n) is 6.78. The maximum absolute atomic E-state index is 5.46. The molecule has 18 heavy (non-hydrogen) atoms. The second kappa shape index (κ2) is 6.21. The third-order valence-corrected chi connectivity index (χ3v) is 3.51. The molecule has 0 aliphatic carbocycles. The van der Waals surface area contributed by atoms with Crippen molar-refractivity contribution in [3.63, 3.8) is 0 Å². The van der Waals surface area contributed by atoms with Crippen molar-refractivity contribution >= 4 is 0 Å². The van der Waals surface area contributed by atoms with Gasteiger partial charge in [-0.2, -0.15) is 0 Å². The van der Waals surface area contributed by atoms with Crippen LogP contribution in [0.1, 0.15) is 24.5 Å². The monoisotopic (exact) mass is 248 g/mol. The Labute approximate surface area is 110 Å². The van der Waals surface area contributed by atoms with Gasteiger partial charge in [-0.1, -0.05) is 17.7 Å². The van der Waals surface area contributed by atoms with Gasteiger partial charge >= 0.3 is 0 Å². The molecule has 1 fully saturated rings. The van der Waals surface area contributed by atoms with Crippen LogP contribution in [-0.2, 0) is 6.54 Å². The lowest BCUT2D eigenvalue weighted by molar-refractivity contribution is 0.260. The largest absolute Gasteiger partial charge is 0.496 e. The maximum atomic E-state index is 5.46. The van der Waals surface area contributed by atoms with Gasteiger partial charge in [0.2, 0.25) is 0 Å². The van der Waals surface area contributed by atoms with Crippen molar-refractivity contribution < 1.29 is 4.74 Å². The van der Waals surface area contributed by atoms with Crippen LogP contribution in [0.5, 0.6) is 5.75 Å². The quantitative estimate of drug-likeness (QED) is 0.887. The van der Waals surface area contributed by atoms with Crippen LogP contribution in [0.3, 0.4) is 0 Å². The molecule has 1 aromatic carbocycles. The average Bonchev–Trinajstić information content (AvgIpc) is 2.54. The Kier molecular flexibility index (Phi) is 4.61. The standard InChI is InChI=1S/C15H24N2O/c1-12-5-6-15(18-3)14(9-12)11-17-8-4-7-16-13(2)10-17/h5-6,9,13,16H,4,7-8,10-11H2,1-3H3. The van der Waals surface area contributed by atoms with Crippen molar-refractivity contribution in [1.82, 2.24) is 10.2 Å². The molecule has 0 spiro atoms. The Morgan fingerprint density at radius 3 is 3.06 bits per heavy atom. The van der Waals surface area contributed by atoms with E-state index < -0.39 is 0 Å². The van der Waals surface area contributed by atoms with E-state index in [1.807, 2.05) is 0 Å². The van der Waals surface area contributed by atoms with E-state index in [1.54, 1.807) is 7.11 Å². The molecule has 3 heteroatoms. The molecule has 0 radical (unpaired) electrons. The summed E-state index contributed by atoms with van der Waals surface area (Å²) in [5, 5.41) is 3.53. The van der Waals surface area contributed by atoms with Gasteiger partial charge in [-0.3, -0.25) is 4.90 Å². The van der Waals surface area contributed by atoms with E-state index >= 15 is 0 Å². The molecule has 3 nitrogen and oxygen atoms in total. The van der Waals surface area contributed by atoms with Gasteiger partial charge < -0.3 is 10.1 Å². The van der Waals surface area contributed by atoms with E-state index in [9.17, 15) is 0 Å². The van der Waals surface area contributed by atoms with Crippen molar-refractivity contribution in [2.45, 2.75) is 32.9 Å². The highest BCUT2D eigenvalue weighted by molar-refractivity contribution is 5.36. The predicted octanol–water partition coefficient (Wildman–Crippen LogP) is 2.19. The zero-order valence-corrected chi connectivity index (χ0v) is 11.7. The number of ether oxygens (including phenoxy) is 1. The van der Waals surface area contributed by atoms with Gasteiger partial charge in [0, 0.05) is 24.7 Å². The third kappa shape index (κ3) is 3.47. The lowest BCUT2D eigenvalue weighted by Crippen LogP contribution is -2.35. The average molecular weight is 248 g/mol. The topological polar surface area (TPSA) is 24.5 Å². The van der Waals surface area contributed by atoms with Crippen molar-refractivity contribution in [2.75, 3.05) is 26.7 Å². The minimum atomic E-state index is 0.573. The number of nitrogens with one attached hydrogen (secondary N) is 1. The predicted molar refractivity (Wildman–Crippen MR) is 75.1 cm³/mol. The second-order valence-electron chi connectivity index (χ2n) is 5.26. The van der Waals surface area contributed by atoms with Crippen LogP contribution < -0.4 is 10.1 Å². The molecular formula is C15H24N2O. The summed E-state index contributed by atoms with van der Waals surface area (Å²) in [6, 6.07) is 6.99. The van der Waals surface area contributed by atoms with Crippen LogP contribution in [0.4, 0.5) is 0 Å². The Morgan fingerprint density at radius 1 is 1.44 bits per heavy atom. The molecule has 1 aromatic rings. The summed E-state index contributed by atoms with van der Waals surface area (Å²) in [6.45, 7) is 8.77. The van der Waals surface area contributed by atoms with Crippen LogP contribution in [0.2, 0.25) is 0 Å². The van der Waals surface area contributed by atoms with Gasteiger partial charge in [-0.15, -0.1) is 0 Å². The summed E-state index contributed by atoms with van der Waals surface area (Å²) in [7, 11) is 1.75. The Balaban J connectivity index is 2.09. The first-order chi connectivity index (χ1) is 8.69. The lowest BCUT2D eigenvalue weighted by atomic mass is 10.1. The van der Waals surface area contributed by atoms with E-state index in [0.29, 0.717) is 6.04 Å². The summed E-state index contributed by atoms with van der Waals surface area (Å²) >= 11 is 0. The van der Waals surface area contributed by atoms with Crippen molar-refractivity contribution in [1.29, 1.82) is 0 Å². The van der Waals surface area contributed by atoms with Crippen LogP contribution in [0.15, 0.2) is 18.2 Å². The smallest absolute Gasteiger partial charge is 0.123 e. The number of methoxy groups -OCH3 is 1. The van der Waals surface area contributed by atoms with Crippen molar-refractivity contribution in [3.8, 4) is 5.75 Å². The van der Waals surface area contributed by atoms with E-state index in [2.05, 4.69) is 42.3 Å². The van der Waals surface area contributed by atoms with Crippen LogP contribution in [-0.4, -0.2) is 37.7 Å². The SMILES string of the molecule is COc1ccc(C)cc1CN1CCCNC(C)C1. The second-order valence-corrected chi connectivity index (χ2v) is 5.26. The number of nitrogens with zero attached hydrogens (tertiary/aromatic N) is 1. The zero-order chi connectivity index (χ0) is 13.0. The molecule has 0 bridgehead atoms. The maximum Gasteiger partial charge on any atom is 0.123 e. The summed E-state index contributed by atoms with van der Waals surface area (Å²) in [5.41, 5.74) is 2.60. The summed E-state index contributed by atoms with van der Waals surface area (Å²) in [4.78, 5) is 2.52. The molecule has 1 heterocycles. The van der Waals surface area contributed by atoms with Gasteiger partial charge in [-0.25, -0.2) is 0 Å². The van der Waals surface area contributed by atoms with E-state index in [4.69, 9.17) is 4.74 Å². The van der Waals surface area contributed by atoms with Crippen molar-refractivity contribution in [3.05, 3.63) is 29.3 Å². The van der Waals surface area contributed by atoms with Crippen molar-refractivity contribution in [2.24, 2.45) is 0 Å². The Bertz CT molecular complexity index is 392. The van der Waals surface area contributed by atoms with Crippen LogP contribution in [0.25, 0.3) is 0 Å². The zero-order valence-electron chi connectivity index (χ0n) is 11.7. The van der Waals surface area contributed by atoms with Gasteiger partial charge in [0.05, 0.1) is 7.11 Å². The normalized spacial score (nSPS) is 21.6. The molecule has 0 aromatic heterocycles. The molecule has 1 N–H and O–H groups in total. The fraction of sp³-hybridized carbons (Fsp3) is 0.600. The lowest BCUT2D eigenvalue weighted by Gasteiger charge is -2.23. The number of hydrogen-bond donors (Lipinski definition) is 1. The third-order valence-electron chi connectivity index (χ3n) is 3.51. The highest BCUT2D eigenvalue weighted by Crippen LogP contribution is 2.21. The number of aryl methyl sites for hydroxylation is 1. The number of benzene rings is 1. The molecule has 100 valence electrons. The van der Waals surface area contributed by atoms with Gasteiger partial charge in [-0.05, 0) is 39.4 Å². The molecule has 1 saturated heterocycles. The Hall–Kier alpha value is -1.06. The summed E-state index contributed by atoms with van der Waals surface area (Å²) in [5.74, 6) is 1.01. The van der Waals surface area contributed by atoms with E-state index in [0.717, 1.165) is 31.9 Å². The highest BCUT2D eigenvalue weighted by atomic mass is 16.5. The highest BCUT2D eigenvalue weighted by Gasteiger charge is 2.15. The van der Waals surface area contributed by atoms with Gasteiger partial charge in [0.1, 0.15) is 5.75 Å². The van der Waals surface area contributed by atoms with Gasteiger partial charge in [0.15, 0.2) is 0 Å². The molecule has 0 amide bonds. The first kappa shape index (κ1) is 13.4. The van der Waals surface area contributed by atoms with Crippen LogP contribution >= 0.6 is 0 Å². The summed E-state index contributed by atoms with van der Waals surface area (Å²) < 4.78 is 5.46. The molecule has 2 rings (SSSR count). The molecule has 0 saturated carbocycles. The van der Waals surface area contributed by atoms with E-state index in [-0.39, 0.29) is 0 Å². The van der Waals surface area contributed by atoms with E-state index in [1.165, 1.54) is 17.5 Å². The molecule has 1 atom stereocenters. The summed E-state index contributed by atoms with van der Waals surface area (Å²) in [6.07, 6.45) is 1.22. The molecule has 1 unspecified atom stereocenters.